The van der Waals surface area contributed by atoms with Gasteiger partial charge >= 0.3 is 5.97 Å². The monoisotopic (exact) mass is 272 g/mol. The van der Waals surface area contributed by atoms with Gasteiger partial charge in [-0.15, -0.1) is 0 Å². The Bertz CT molecular complexity index is 627. The second-order valence-electron chi connectivity index (χ2n) is 5.17. The van der Waals surface area contributed by atoms with E-state index in [-0.39, 0.29) is 5.69 Å². The zero-order chi connectivity index (χ0) is 14.9. The van der Waals surface area contributed by atoms with Gasteiger partial charge in [0.1, 0.15) is 0 Å². The normalized spacial score (nSPS) is 12.4. The largest absolute Gasteiger partial charge is 0.477 e. The van der Waals surface area contributed by atoms with Crippen LogP contribution in [-0.4, -0.2) is 20.9 Å². The van der Waals surface area contributed by atoms with Crippen molar-refractivity contribution in [3.8, 4) is 11.1 Å². The van der Waals surface area contributed by atoms with Crippen LogP contribution < -0.4 is 0 Å². The molecule has 1 N–H and O–H groups in total. The third kappa shape index (κ3) is 2.46. The highest BCUT2D eigenvalue weighted by atomic mass is 16.4. The summed E-state index contributed by atoms with van der Waals surface area (Å²) < 4.78 is 1.43. The predicted molar refractivity (Wildman–Crippen MR) is 79.0 cm³/mol. The molecule has 0 amide bonds. The molecule has 0 fully saturated rings. The number of carboxylic acid groups (broad SMARTS) is 1. The fourth-order valence-corrected chi connectivity index (χ4v) is 2.46. The van der Waals surface area contributed by atoms with Crippen molar-refractivity contribution < 1.29 is 9.90 Å². The van der Waals surface area contributed by atoms with E-state index in [1.807, 2.05) is 19.1 Å². The molecule has 0 spiro atoms. The number of carbonyl (C=O) groups is 1. The van der Waals surface area contributed by atoms with Gasteiger partial charge in [0.2, 0.25) is 0 Å². The van der Waals surface area contributed by atoms with Gasteiger partial charge in [-0.2, -0.15) is 5.10 Å². The number of hydrogen-bond donors (Lipinski definition) is 1. The Labute approximate surface area is 119 Å². The lowest BCUT2D eigenvalue weighted by Crippen LogP contribution is -2.06. The Kier molecular flexibility index (Phi) is 3.93. The summed E-state index contributed by atoms with van der Waals surface area (Å²) in [4.78, 5) is 11.4. The smallest absolute Gasteiger partial charge is 0.354 e. The van der Waals surface area contributed by atoms with E-state index in [2.05, 4.69) is 31.1 Å². The quantitative estimate of drug-likeness (QED) is 0.925. The van der Waals surface area contributed by atoms with Crippen LogP contribution in [0, 0.1) is 6.92 Å². The number of nitrogens with zero attached hydrogens (tertiary/aromatic N) is 2. The van der Waals surface area contributed by atoms with E-state index < -0.39 is 5.97 Å². The molecule has 0 aliphatic carbocycles. The number of aryl methyl sites for hydroxylation is 2. The zero-order valence-corrected chi connectivity index (χ0v) is 12.3. The highest BCUT2D eigenvalue weighted by Crippen LogP contribution is 2.29. The van der Waals surface area contributed by atoms with Gasteiger partial charge < -0.3 is 5.11 Å². The molecular weight excluding hydrogens is 252 g/mol. The van der Waals surface area contributed by atoms with Crippen LogP contribution >= 0.6 is 0 Å². The van der Waals surface area contributed by atoms with Crippen LogP contribution in [-0.2, 0) is 7.05 Å². The Hall–Kier alpha value is -2.10. The third-order valence-corrected chi connectivity index (χ3v) is 3.81. The summed E-state index contributed by atoms with van der Waals surface area (Å²) in [5.74, 6) is -0.438. The molecule has 0 unspecified atom stereocenters. The number of rotatable bonds is 4. The summed E-state index contributed by atoms with van der Waals surface area (Å²) in [5.41, 5.74) is 3.85. The molecule has 2 rings (SSSR count). The van der Waals surface area contributed by atoms with Crippen LogP contribution in [0.4, 0.5) is 0 Å². The van der Waals surface area contributed by atoms with E-state index in [4.69, 9.17) is 0 Å². The van der Waals surface area contributed by atoms with Crippen LogP contribution in [0.15, 0.2) is 24.3 Å². The Morgan fingerprint density at radius 3 is 2.45 bits per heavy atom. The molecule has 4 heteroatoms. The van der Waals surface area contributed by atoms with Crippen molar-refractivity contribution in [2.75, 3.05) is 0 Å². The summed E-state index contributed by atoms with van der Waals surface area (Å²) in [6, 6.07) is 8.11. The fraction of sp³-hybridized carbons (Fsp3) is 0.375. The van der Waals surface area contributed by atoms with Crippen LogP contribution in [0.3, 0.4) is 0 Å². The summed E-state index contributed by atoms with van der Waals surface area (Å²) in [6.45, 7) is 6.18. The van der Waals surface area contributed by atoms with Crippen LogP contribution in [0.5, 0.6) is 0 Å². The van der Waals surface area contributed by atoms with Crippen molar-refractivity contribution in [2.24, 2.45) is 7.05 Å². The summed E-state index contributed by atoms with van der Waals surface area (Å²) in [6.07, 6.45) is 1.09. The maximum Gasteiger partial charge on any atom is 0.354 e. The first-order chi connectivity index (χ1) is 9.45. The van der Waals surface area contributed by atoms with Gasteiger partial charge in [-0.25, -0.2) is 4.79 Å². The van der Waals surface area contributed by atoms with Crippen molar-refractivity contribution in [1.82, 2.24) is 9.78 Å². The first-order valence-corrected chi connectivity index (χ1v) is 6.82. The predicted octanol–water partition coefficient (Wildman–Crippen LogP) is 3.61. The van der Waals surface area contributed by atoms with Gasteiger partial charge in [-0.1, -0.05) is 38.1 Å². The Balaban J connectivity index is 2.49. The first kappa shape index (κ1) is 14.3. The molecule has 0 radical (unpaired) electrons. The molecule has 20 heavy (non-hydrogen) atoms. The first-order valence-electron chi connectivity index (χ1n) is 6.82. The highest BCUT2D eigenvalue weighted by molar-refractivity contribution is 5.95. The van der Waals surface area contributed by atoms with E-state index in [1.54, 1.807) is 7.05 Å². The summed E-state index contributed by atoms with van der Waals surface area (Å²) in [7, 11) is 1.66. The van der Waals surface area contributed by atoms with Crippen LogP contribution in [0.1, 0.15) is 47.9 Å². The van der Waals surface area contributed by atoms with E-state index in [1.165, 1.54) is 10.2 Å². The zero-order valence-electron chi connectivity index (χ0n) is 12.3. The fourth-order valence-electron chi connectivity index (χ4n) is 2.46. The Morgan fingerprint density at radius 2 is 1.95 bits per heavy atom. The molecule has 0 aliphatic rings. The lowest BCUT2D eigenvalue weighted by Gasteiger charge is -2.10. The molecule has 0 bridgehead atoms. The number of aromatic nitrogens is 2. The minimum Gasteiger partial charge on any atom is -0.477 e. The molecule has 0 saturated carbocycles. The van der Waals surface area contributed by atoms with E-state index in [9.17, 15) is 9.90 Å². The molecule has 2 aromatic rings. The maximum absolute atomic E-state index is 11.4. The molecule has 1 atom stereocenters. The topological polar surface area (TPSA) is 55.1 Å². The maximum atomic E-state index is 11.4. The highest BCUT2D eigenvalue weighted by Gasteiger charge is 2.20. The van der Waals surface area contributed by atoms with Gasteiger partial charge in [-0.3, -0.25) is 4.68 Å². The molecule has 1 heterocycles. The van der Waals surface area contributed by atoms with Crippen molar-refractivity contribution >= 4 is 5.97 Å². The standard InChI is InChI=1S/C16H20N2O2/c1-5-10(2)12-6-8-13(9-7-12)14-11(3)17-18(4)15(14)16(19)20/h6-10H,5H2,1-4H3,(H,19,20)/t10-/m1/s1. The van der Waals surface area contributed by atoms with E-state index in [0.29, 0.717) is 11.5 Å². The molecular formula is C16H20N2O2. The lowest BCUT2D eigenvalue weighted by molar-refractivity contribution is 0.0686. The third-order valence-electron chi connectivity index (χ3n) is 3.81. The van der Waals surface area contributed by atoms with E-state index >= 15 is 0 Å². The number of aromatic carboxylic acids is 1. The molecule has 0 saturated heterocycles. The van der Waals surface area contributed by atoms with Gasteiger partial charge in [0.15, 0.2) is 5.69 Å². The van der Waals surface area contributed by atoms with Crippen molar-refractivity contribution in [2.45, 2.75) is 33.1 Å². The van der Waals surface area contributed by atoms with Crippen molar-refractivity contribution in [3.05, 3.63) is 41.2 Å². The molecule has 1 aromatic carbocycles. The number of benzene rings is 1. The van der Waals surface area contributed by atoms with Crippen molar-refractivity contribution in [1.29, 1.82) is 0 Å². The van der Waals surface area contributed by atoms with Crippen LogP contribution in [0.25, 0.3) is 11.1 Å². The van der Waals surface area contributed by atoms with Gasteiger partial charge in [0, 0.05) is 12.6 Å². The SMILES string of the molecule is CC[C@@H](C)c1ccc(-c2c(C)nn(C)c2C(=O)O)cc1. The van der Waals surface area contributed by atoms with Gasteiger partial charge in [-0.05, 0) is 30.4 Å². The molecule has 0 aliphatic heterocycles. The summed E-state index contributed by atoms with van der Waals surface area (Å²) >= 11 is 0. The number of carboxylic acids is 1. The number of hydrogen-bond acceptors (Lipinski definition) is 2. The average molecular weight is 272 g/mol. The summed E-state index contributed by atoms with van der Waals surface area (Å²) in [5, 5.41) is 13.6. The minimum absolute atomic E-state index is 0.235. The molecule has 4 nitrogen and oxygen atoms in total. The van der Waals surface area contributed by atoms with Gasteiger partial charge in [0.25, 0.3) is 0 Å². The van der Waals surface area contributed by atoms with Crippen molar-refractivity contribution in [3.63, 3.8) is 0 Å². The second-order valence-corrected chi connectivity index (χ2v) is 5.17. The van der Waals surface area contributed by atoms with E-state index in [0.717, 1.165) is 17.7 Å². The Morgan fingerprint density at radius 1 is 1.35 bits per heavy atom. The van der Waals surface area contributed by atoms with Gasteiger partial charge in [0.05, 0.1) is 5.69 Å². The molecule has 106 valence electrons. The molecule has 1 aromatic heterocycles. The van der Waals surface area contributed by atoms with Crippen LogP contribution in [0.2, 0.25) is 0 Å². The minimum atomic E-state index is -0.950. The lowest BCUT2D eigenvalue weighted by atomic mass is 9.95. The second kappa shape index (κ2) is 5.49. The average Bonchev–Trinajstić information content (AvgIpc) is 2.72.